The predicted molar refractivity (Wildman–Crippen MR) is 119 cm³/mol. The number of H-pyrrole nitrogens is 1. The van der Waals surface area contributed by atoms with Crippen LogP contribution in [0.5, 0.6) is 0 Å². The summed E-state index contributed by atoms with van der Waals surface area (Å²) in [7, 11) is -3.42. The molecule has 3 aromatic rings. The van der Waals surface area contributed by atoms with Crippen LogP contribution < -0.4 is 10.0 Å². The molecule has 152 valence electrons. The number of sulfonamides is 1. The Morgan fingerprint density at radius 1 is 1.14 bits per heavy atom. The van der Waals surface area contributed by atoms with Crippen molar-refractivity contribution in [1.82, 2.24) is 10.2 Å². The van der Waals surface area contributed by atoms with Gasteiger partial charge in [0, 0.05) is 15.7 Å². The van der Waals surface area contributed by atoms with Gasteiger partial charge in [0.15, 0.2) is 0 Å². The molecule has 0 atom stereocenters. The molecule has 7 nitrogen and oxygen atoms in total. The minimum atomic E-state index is -3.42. The van der Waals surface area contributed by atoms with Crippen LogP contribution in [0.4, 0.5) is 11.4 Å². The smallest absolute Gasteiger partial charge is 0.273 e. The average molecular weight is 477 g/mol. The van der Waals surface area contributed by atoms with Crippen LogP contribution in [-0.2, 0) is 10.0 Å². The zero-order chi connectivity index (χ0) is 21.0. The standard InChI is InChI=1S/C20H21BrN4O3S/c1-3-11-29(27,28)25-17-6-4-5-16(13(17)2)22-20(26)19-12-18(23-24-19)14-7-9-15(21)10-8-14/h4-10,12,25H,3,11H2,1-2H3,(H,22,26)(H,23,24). The van der Waals surface area contributed by atoms with Crippen molar-refractivity contribution in [3.63, 3.8) is 0 Å². The van der Waals surface area contributed by atoms with Crippen LogP contribution in [0.25, 0.3) is 11.3 Å². The molecular weight excluding hydrogens is 456 g/mol. The topological polar surface area (TPSA) is 104 Å². The summed E-state index contributed by atoms with van der Waals surface area (Å²) >= 11 is 3.39. The summed E-state index contributed by atoms with van der Waals surface area (Å²) in [5, 5.41) is 9.74. The van der Waals surface area contributed by atoms with Crippen molar-refractivity contribution < 1.29 is 13.2 Å². The van der Waals surface area contributed by atoms with E-state index in [9.17, 15) is 13.2 Å². The number of benzene rings is 2. The van der Waals surface area contributed by atoms with E-state index in [1.807, 2.05) is 24.3 Å². The maximum absolute atomic E-state index is 12.6. The molecule has 29 heavy (non-hydrogen) atoms. The first-order valence-corrected chi connectivity index (χ1v) is 11.5. The van der Waals surface area contributed by atoms with E-state index in [1.54, 1.807) is 38.1 Å². The number of carbonyl (C=O) groups is 1. The number of amides is 1. The molecule has 1 amide bonds. The quantitative estimate of drug-likeness (QED) is 0.464. The molecule has 0 aliphatic heterocycles. The minimum Gasteiger partial charge on any atom is -0.320 e. The Morgan fingerprint density at radius 2 is 1.83 bits per heavy atom. The minimum absolute atomic E-state index is 0.0377. The van der Waals surface area contributed by atoms with Crippen molar-refractivity contribution in [2.24, 2.45) is 0 Å². The Morgan fingerprint density at radius 3 is 2.52 bits per heavy atom. The van der Waals surface area contributed by atoms with Gasteiger partial charge >= 0.3 is 0 Å². The van der Waals surface area contributed by atoms with Crippen LogP contribution in [0, 0.1) is 6.92 Å². The molecule has 3 rings (SSSR count). The number of nitrogens with one attached hydrogen (secondary N) is 3. The first-order valence-electron chi connectivity index (χ1n) is 9.02. The number of hydrogen-bond acceptors (Lipinski definition) is 4. The third-order valence-electron chi connectivity index (χ3n) is 4.28. The van der Waals surface area contributed by atoms with Gasteiger partial charge in [-0.1, -0.05) is 41.1 Å². The largest absolute Gasteiger partial charge is 0.320 e. The Balaban J connectivity index is 1.77. The van der Waals surface area contributed by atoms with E-state index < -0.39 is 10.0 Å². The van der Waals surface area contributed by atoms with E-state index in [4.69, 9.17) is 0 Å². The first-order chi connectivity index (χ1) is 13.8. The highest BCUT2D eigenvalue weighted by atomic mass is 79.9. The number of carbonyl (C=O) groups excluding carboxylic acids is 1. The Bertz CT molecular complexity index is 1120. The summed E-state index contributed by atoms with van der Waals surface area (Å²) in [6, 6.07) is 14.3. The molecule has 3 N–H and O–H groups in total. The maximum Gasteiger partial charge on any atom is 0.273 e. The van der Waals surface area contributed by atoms with Crippen molar-refractivity contribution in [2.75, 3.05) is 15.8 Å². The van der Waals surface area contributed by atoms with E-state index in [0.717, 1.165) is 10.0 Å². The molecule has 0 saturated carbocycles. The molecule has 0 fully saturated rings. The molecule has 0 bridgehead atoms. The lowest BCUT2D eigenvalue weighted by molar-refractivity contribution is 0.102. The van der Waals surface area contributed by atoms with Crippen molar-refractivity contribution in [1.29, 1.82) is 0 Å². The fourth-order valence-corrected chi connectivity index (χ4v) is 4.23. The third kappa shape index (κ3) is 5.24. The van der Waals surface area contributed by atoms with Crippen LogP contribution in [0.15, 0.2) is 53.0 Å². The number of rotatable bonds is 7. The summed E-state index contributed by atoms with van der Waals surface area (Å²) in [6.45, 7) is 3.55. The zero-order valence-corrected chi connectivity index (χ0v) is 18.4. The highest BCUT2D eigenvalue weighted by Gasteiger charge is 2.15. The third-order valence-corrected chi connectivity index (χ3v) is 6.29. The summed E-state index contributed by atoms with van der Waals surface area (Å²) < 4.78 is 27.6. The van der Waals surface area contributed by atoms with Crippen LogP contribution in [0.3, 0.4) is 0 Å². The van der Waals surface area contributed by atoms with Gasteiger partial charge in [0.1, 0.15) is 5.69 Å². The van der Waals surface area contributed by atoms with Crippen molar-refractivity contribution >= 4 is 43.2 Å². The second kappa shape index (κ2) is 8.79. The Kier molecular flexibility index (Phi) is 6.39. The van der Waals surface area contributed by atoms with Gasteiger partial charge in [0.05, 0.1) is 17.1 Å². The molecule has 0 aliphatic rings. The van der Waals surface area contributed by atoms with E-state index >= 15 is 0 Å². The van der Waals surface area contributed by atoms with Gasteiger partial charge < -0.3 is 5.32 Å². The fraction of sp³-hybridized carbons (Fsp3) is 0.200. The van der Waals surface area contributed by atoms with Gasteiger partial charge in [0.2, 0.25) is 10.0 Å². The van der Waals surface area contributed by atoms with E-state index in [2.05, 4.69) is 36.2 Å². The summed E-state index contributed by atoms with van der Waals surface area (Å²) in [4.78, 5) is 12.6. The van der Waals surface area contributed by atoms with Gasteiger partial charge in [0.25, 0.3) is 5.91 Å². The van der Waals surface area contributed by atoms with Gasteiger partial charge in [-0.2, -0.15) is 5.10 Å². The van der Waals surface area contributed by atoms with Gasteiger partial charge in [-0.05, 0) is 49.2 Å². The number of halogens is 1. The second-order valence-corrected chi connectivity index (χ2v) is 9.28. The molecule has 0 radical (unpaired) electrons. The number of nitrogens with zero attached hydrogens (tertiary/aromatic N) is 1. The van der Waals surface area contributed by atoms with E-state index in [-0.39, 0.29) is 11.7 Å². The van der Waals surface area contributed by atoms with Crippen LogP contribution in [0.1, 0.15) is 29.4 Å². The molecule has 1 aromatic heterocycles. The molecule has 0 saturated heterocycles. The molecule has 9 heteroatoms. The summed E-state index contributed by atoms with van der Waals surface area (Å²) in [6.07, 6.45) is 0.519. The normalized spacial score (nSPS) is 11.3. The molecular formula is C20H21BrN4O3S. The van der Waals surface area contributed by atoms with Crippen LogP contribution >= 0.6 is 15.9 Å². The molecule has 0 aliphatic carbocycles. The number of aromatic amines is 1. The monoisotopic (exact) mass is 476 g/mol. The fourth-order valence-electron chi connectivity index (χ4n) is 2.77. The second-order valence-electron chi connectivity index (χ2n) is 6.53. The highest BCUT2D eigenvalue weighted by molar-refractivity contribution is 9.10. The van der Waals surface area contributed by atoms with Gasteiger partial charge in [-0.15, -0.1) is 0 Å². The predicted octanol–water partition coefficient (Wildman–Crippen LogP) is 4.55. The Hall–Kier alpha value is -2.65. The van der Waals surface area contributed by atoms with Crippen molar-refractivity contribution in [2.45, 2.75) is 20.3 Å². The van der Waals surface area contributed by atoms with Crippen molar-refractivity contribution in [3.8, 4) is 11.3 Å². The van der Waals surface area contributed by atoms with Gasteiger partial charge in [-0.3, -0.25) is 14.6 Å². The lowest BCUT2D eigenvalue weighted by atomic mass is 10.1. The van der Waals surface area contributed by atoms with E-state index in [0.29, 0.717) is 34.7 Å². The lowest BCUT2D eigenvalue weighted by Crippen LogP contribution is -2.18. The SMILES string of the molecule is CCCS(=O)(=O)Nc1cccc(NC(=O)c2cc(-c3ccc(Br)cc3)n[nH]2)c1C. The van der Waals surface area contributed by atoms with Crippen molar-refractivity contribution in [3.05, 3.63) is 64.3 Å². The molecule has 0 unspecified atom stereocenters. The number of hydrogen-bond donors (Lipinski definition) is 3. The zero-order valence-electron chi connectivity index (χ0n) is 16.0. The highest BCUT2D eigenvalue weighted by Crippen LogP contribution is 2.25. The molecule has 0 spiro atoms. The first kappa shape index (κ1) is 21.1. The van der Waals surface area contributed by atoms with E-state index in [1.165, 1.54) is 0 Å². The van der Waals surface area contributed by atoms with Crippen LogP contribution in [0.2, 0.25) is 0 Å². The average Bonchev–Trinajstić information content (AvgIpc) is 3.15. The lowest BCUT2D eigenvalue weighted by Gasteiger charge is -2.14. The molecule has 1 heterocycles. The number of anilines is 2. The van der Waals surface area contributed by atoms with Gasteiger partial charge in [-0.25, -0.2) is 8.42 Å². The summed E-state index contributed by atoms with van der Waals surface area (Å²) in [5.41, 5.74) is 3.43. The van der Waals surface area contributed by atoms with Crippen LogP contribution in [-0.4, -0.2) is 30.3 Å². The Labute approximate surface area is 178 Å². The summed E-state index contributed by atoms with van der Waals surface area (Å²) in [5.74, 6) is -0.326. The number of aromatic nitrogens is 2. The maximum atomic E-state index is 12.6. The molecule has 2 aromatic carbocycles.